The summed E-state index contributed by atoms with van der Waals surface area (Å²) in [5.41, 5.74) is 2.75. The fourth-order valence-electron chi connectivity index (χ4n) is 1.90. The van der Waals surface area contributed by atoms with E-state index in [2.05, 4.69) is 50.4 Å². The summed E-state index contributed by atoms with van der Waals surface area (Å²) in [4.78, 5) is 0. The molecule has 108 valence electrons. The number of hydrogen-bond donors (Lipinski definition) is 2. The minimum absolute atomic E-state index is 0.305. The Morgan fingerprint density at radius 1 is 1.05 bits per heavy atom. The van der Waals surface area contributed by atoms with Gasteiger partial charge in [0, 0.05) is 24.9 Å². The number of benzene rings is 1. The van der Waals surface area contributed by atoms with Crippen molar-refractivity contribution >= 4 is 11.8 Å². The lowest BCUT2D eigenvalue weighted by Gasteiger charge is -2.15. The second-order valence-corrected chi connectivity index (χ2v) is 6.41. The average molecular weight is 281 g/mol. The van der Waals surface area contributed by atoms with Gasteiger partial charge in [-0.2, -0.15) is 11.8 Å². The predicted molar refractivity (Wildman–Crippen MR) is 86.0 cm³/mol. The number of hydrogen-bond acceptors (Lipinski definition) is 3. The van der Waals surface area contributed by atoms with Gasteiger partial charge >= 0.3 is 0 Å². The molecule has 1 aromatic rings. The molecule has 0 amide bonds. The summed E-state index contributed by atoms with van der Waals surface area (Å²) < 4.78 is 0. The monoisotopic (exact) mass is 281 g/mol. The number of aliphatic hydroxyl groups is 1. The van der Waals surface area contributed by atoms with Crippen molar-refractivity contribution < 1.29 is 5.11 Å². The summed E-state index contributed by atoms with van der Waals surface area (Å²) in [6.07, 6.45) is 0.900. The van der Waals surface area contributed by atoms with E-state index in [1.807, 2.05) is 11.8 Å². The molecule has 1 atom stereocenters. The van der Waals surface area contributed by atoms with Crippen LogP contribution >= 0.6 is 11.8 Å². The Labute approximate surface area is 122 Å². The molecule has 0 aliphatic rings. The second-order valence-electron chi connectivity index (χ2n) is 5.19. The topological polar surface area (TPSA) is 32.3 Å². The Morgan fingerprint density at radius 2 is 1.68 bits per heavy atom. The van der Waals surface area contributed by atoms with Crippen LogP contribution in [-0.2, 0) is 0 Å². The summed E-state index contributed by atoms with van der Waals surface area (Å²) >= 11 is 1.90. The van der Waals surface area contributed by atoms with Crippen molar-refractivity contribution in [2.45, 2.75) is 39.2 Å². The van der Waals surface area contributed by atoms with Gasteiger partial charge in [-0.3, -0.25) is 0 Å². The molecular formula is C16H27NOS. The molecule has 2 N–H and O–H groups in total. The van der Waals surface area contributed by atoms with Gasteiger partial charge in [-0.25, -0.2) is 0 Å². The van der Waals surface area contributed by atoms with E-state index in [9.17, 15) is 0 Å². The van der Waals surface area contributed by atoms with Crippen LogP contribution in [0.25, 0.3) is 0 Å². The third-order valence-corrected chi connectivity index (χ3v) is 4.32. The Bertz CT molecular complexity index is 337. The molecule has 0 saturated carbocycles. The highest BCUT2D eigenvalue weighted by atomic mass is 32.2. The van der Waals surface area contributed by atoms with E-state index in [1.165, 1.54) is 11.1 Å². The lowest BCUT2D eigenvalue weighted by atomic mass is 10.00. The van der Waals surface area contributed by atoms with Crippen LogP contribution in [0.15, 0.2) is 24.3 Å². The van der Waals surface area contributed by atoms with Crippen LogP contribution in [-0.4, -0.2) is 29.8 Å². The van der Waals surface area contributed by atoms with Gasteiger partial charge in [0.15, 0.2) is 0 Å². The maximum Gasteiger partial charge on any atom is 0.0438 e. The Hall–Kier alpha value is -0.510. The zero-order valence-electron chi connectivity index (χ0n) is 12.4. The quantitative estimate of drug-likeness (QED) is 0.679. The van der Waals surface area contributed by atoms with Crippen molar-refractivity contribution in [3.8, 4) is 0 Å². The van der Waals surface area contributed by atoms with Crippen LogP contribution in [0.1, 0.15) is 50.3 Å². The van der Waals surface area contributed by atoms with E-state index < -0.39 is 0 Å². The summed E-state index contributed by atoms with van der Waals surface area (Å²) in [6, 6.07) is 9.32. The molecule has 0 radical (unpaired) electrons. The van der Waals surface area contributed by atoms with Crippen LogP contribution < -0.4 is 5.32 Å². The molecule has 0 aliphatic heterocycles. The first kappa shape index (κ1) is 16.5. The fourth-order valence-corrected chi connectivity index (χ4v) is 2.70. The van der Waals surface area contributed by atoms with Gasteiger partial charge < -0.3 is 10.4 Å². The Balaban J connectivity index is 2.27. The van der Waals surface area contributed by atoms with Crippen molar-refractivity contribution in [3.05, 3.63) is 35.4 Å². The summed E-state index contributed by atoms with van der Waals surface area (Å²) in [7, 11) is 0. The molecule has 0 heterocycles. The molecule has 19 heavy (non-hydrogen) atoms. The van der Waals surface area contributed by atoms with Crippen LogP contribution in [0.4, 0.5) is 0 Å². The van der Waals surface area contributed by atoms with Crippen LogP contribution in [0.5, 0.6) is 0 Å². The summed E-state index contributed by atoms with van der Waals surface area (Å²) in [6.45, 7) is 7.98. The third kappa shape index (κ3) is 6.46. The molecule has 1 rings (SSSR count). The lowest BCUT2D eigenvalue weighted by molar-refractivity contribution is 0.296. The molecule has 0 bridgehead atoms. The van der Waals surface area contributed by atoms with E-state index in [-0.39, 0.29) is 0 Å². The zero-order chi connectivity index (χ0) is 14.1. The summed E-state index contributed by atoms with van der Waals surface area (Å²) in [5, 5.41) is 12.2. The molecular weight excluding hydrogens is 254 g/mol. The average Bonchev–Trinajstić information content (AvgIpc) is 2.42. The maximum atomic E-state index is 8.69. The van der Waals surface area contributed by atoms with Gasteiger partial charge in [0.1, 0.15) is 0 Å². The lowest BCUT2D eigenvalue weighted by Crippen LogP contribution is -2.21. The van der Waals surface area contributed by atoms with Crippen LogP contribution in [0, 0.1) is 0 Å². The molecule has 2 nitrogen and oxygen atoms in total. The number of rotatable bonds is 9. The SMILES string of the molecule is CC(C)c1ccc(C(C)NCCSCCCO)cc1. The van der Waals surface area contributed by atoms with E-state index in [0.29, 0.717) is 18.6 Å². The number of nitrogens with one attached hydrogen (secondary N) is 1. The molecule has 1 unspecified atom stereocenters. The molecule has 0 fully saturated rings. The van der Waals surface area contributed by atoms with Crippen molar-refractivity contribution in [3.63, 3.8) is 0 Å². The van der Waals surface area contributed by atoms with Gasteiger partial charge in [0.05, 0.1) is 0 Å². The van der Waals surface area contributed by atoms with Gasteiger partial charge in [0.2, 0.25) is 0 Å². The highest BCUT2D eigenvalue weighted by molar-refractivity contribution is 7.99. The van der Waals surface area contributed by atoms with Gasteiger partial charge in [0.25, 0.3) is 0 Å². The van der Waals surface area contributed by atoms with Crippen LogP contribution in [0.2, 0.25) is 0 Å². The first-order chi connectivity index (χ1) is 9.15. The Kier molecular flexibility index (Phi) is 8.19. The fraction of sp³-hybridized carbons (Fsp3) is 0.625. The smallest absolute Gasteiger partial charge is 0.0438 e. The maximum absolute atomic E-state index is 8.69. The minimum atomic E-state index is 0.305. The van der Waals surface area contributed by atoms with Crippen molar-refractivity contribution in [2.75, 3.05) is 24.7 Å². The van der Waals surface area contributed by atoms with Gasteiger partial charge in [-0.1, -0.05) is 38.1 Å². The number of thioether (sulfide) groups is 1. The second kappa shape index (κ2) is 9.40. The zero-order valence-corrected chi connectivity index (χ0v) is 13.2. The predicted octanol–water partition coefficient (Wildman–Crippen LogP) is 3.58. The van der Waals surface area contributed by atoms with E-state index >= 15 is 0 Å². The molecule has 0 aliphatic carbocycles. The van der Waals surface area contributed by atoms with Crippen molar-refractivity contribution in [1.82, 2.24) is 5.32 Å². The molecule has 3 heteroatoms. The highest BCUT2D eigenvalue weighted by Crippen LogP contribution is 2.18. The first-order valence-corrected chi connectivity index (χ1v) is 8.32. The first-order valence-electron chi connectivity index (χ1n) is 7.17. The standard InChI is InChI=1S/C16H27NOS/c1-13(2)15-5-7-16(8-6-15)14(3)17-9-12-19-11-4-10-18/h5-8,13-14,17-18H,4,9-12H2,1-3H3. The molecule has 0 saturated heterocycles. The van der Waals surface area contributed by atoms with E-state index in [4.69, 9.17) is 5.11 Å². The largest absolute Gasteiger partial charge is 0.396 e. The third-order valence-electron chi connectivity index (χ3n) is 3.25. The van der Waals surface area contributed by atoms with Crippen molar-refractivity contribution in [2.24, 2.45) is 0 Å². The van der Waals surface area contributed by atoms with Gasteiger partial charge in [-0.15, -0.1) is 0 Å². The van der Waals surface area contributed by atoms with Crippen LogP contribution in [0.3, 0.4) is 0 Å². The van der Waals surface area contributed by atoms with Gasteiger partial charge in [-0.05, 0) is 36.1 Å². The normalized spacial score (nSPS) is 12.9. The van der Waals surface area contributed by atoms with E-state index in [0.717, 1.165) is 24.5 Å². The minimum Gasteiger partial charge on any atom is -0.396 e. The number of aliphatic hydroxyl groups excluding tert-OH is 1. The molecule has 0 spiro atoms. The Morgan fingerprint density at radius 3 is 2.26 bits per heavy atom. The van der Waals surface area contributed by atoms with Crippen molar-refractivity contribution in [1.29, 1.82) is 0 Å². The molecule has 1 aromatic carbocycles. The molecule has 0 aromatic heterocycles. The highest BCUT2D eigenvalue weighted by Gasteiger charge is 2.05. The van der Waals surface area contributed by atoms with E-state index in [1.54, 1.807) is 0 Å². The summed E-state index contributed by atoms with van der Waals surface area (Å²) in [5.74, 6) is 2.75.